The normalized spacial score (nSPS) is 14.0. The van der Waals surface area contributed by atoms with E-state index in [4.69, 9.17) is 4.74 Å². The Morgan fingerprint density at radius 1 is 1.29 bits per heavy atom. The van der Waals surface area contributed by atoms with E-state index in [1.54, 1.807) is 12.3 Å². The molecule has 4 rings (SSSR count). The van der Waals surface area contributed by atoms with Crippen LogP contribution in [0.4, 0.5) is 5.95 Å². The Hall–Kier alpha value is -3.90. The average molecular weight is 474 g/mol. The van der Waals surface area contributed by atoms with E-state index in [9.17, 15) is 10.1 Å². The molecule has 0 spiro atoms. The number of nitriles is 1. The predicted octanol–water partition coefficient (Wildman–Crippen LogP) is 3.07. The third-order valence-corrected chi connectivity index (χ3v) is 6.40. The second-order valence-electron chi connectivity index (χ2n) is 8.99. The molecule has 2 aromatic heterocycles. The van der Waals surface area contributed by atoms with Crippen molar-refractivity contribution in [3.63, 3.8) is 0 Å². The van der Waals surface area contributed by atoms with Gasteiger partial charge in [0.1, 0.15) is 17.4 Å². The van der Waals surface area contributed by atoms with Crippen LogP contribution < -0.4 is 10.1 Å². The van der Waals surface area contributed by atoms with Crippen molar-refractivity contribution in [3.8, 4) is 11.8 Å². The van der Waals surface area contributed by atoms with Crippen LogP contribution >= 0.6 is 0 Å². The lowest BCUT2D eigenvalue weighted by Gasteiger charge is -2.35. The number of benzene rings is 1. The van der Waals surface area contributed by atoms with Crippen LogP contribution in [0.2, 0.25) is 0 Å². The summed E-state index contributed by atoms with van der Waals surface area (Å²) in [7, 11) is 7.45. The number of carbonyl (C=O) groups is 1. The Morgan fingerprint density at radius 2 is 2.09 bits per heavy atom. The minimum Gasteiger partial charge on any atom is -0.495 e. The molecule has 0 aliphatic carbocycles. The molecule has 182 valence electrons. The van der Waals surface area contributed by atoms with Gasteiger partial charge in [0.2, 0.25) is 5.95 Å². The van der Waals surface area contributed by atoms with E-state index in [1.165, 1.54) is 18.9 Å². The second kappa shape index (κ2) is 10.2. The molecular formula is C26H31N7O2. The Morgan fingerprint density at radius 3 is 2.77 bits per heavy atom. The average Bonchev–Trinajstić information content (AvgIpc) is 3.30. The number of fused-ring (bicyclic) bond motifs is 1. The SMILES string of the molecule is CNc1nccn1Cc1cc(CN(C)C)c2c(c1)C(=O)N(C(C)c1cc(OC)c(C#N)cn1)CC2. The molecule has 0 radical (unpaired) electrons. The number of imidazole rings is 1. The number of rotatable bonds is 8. The monoisotopic (exact) mass is 473 g/mol. The largest absolute Gasteiger partial charge is 0.495 e. The molecule has 1 atom stereocenters. The maximum absolute atomic E-state index is 13.8. The fourth-order valence-electron chi connectivity index (χ4n) is 4.67. The number of pyridine rings is 1. The van der Waals surface area contributed by atoms with Gasteiger partial charge >= 0.3 is 0 Å². The minimum absolute atomic E-state index is 0.00907. The molecule has 0 fully saturated rings. The van der Waals surface area contributed by atoms with Crippen LogP contribution in [0.5, 0.6) is 5.75 Å². The Labute approximate surface area is 206 Å². The highest BCUT2D eigenvalue weighted by atomic mass is 16.5. The summed E-state index contributed by atoms with van der Waals surface area (Å²) in [6.07, 6.45) is 5.97. The van der Waals surface area contributed by atoms with Crippen molar-refractivity contribution in [3.05, 3.63) is 70.3 Å². The van der Waals surface area contributed by atoms with Crippen LogP contribution in [0.3, 0.4) is 0 Å². The van der Waals surface area contributed by atoms with Gasteiger partial charge in [-0.05, 0) is 50.2 Å². The molecule has 35 heavy (non-hydrogen) atoms. The van der Waals surface area contributed by atoms with Crippen molar-refractivity contribution in [2.75, 3.05) is 40.1 Å². The molecule has 1 amide bonds. The quantitative estimate of drug-likeness (QED) is 0.537. The fourth-order valence-corrected chi connectivity index (χ4v) is 4.67. The molecule has 1 aromatic carbocycles. The van der Waals surface area contributed by atoms with E-state index in [0.29, 0.717) is 30.1 Å². The topological polar surface area (TPSA) is 99.3 Å². The van der Waals surface area contributed by atoms with Crippen molar-refractivity contribution in [2.24, 2.45) is 0 Å². The highest BCUT2D eigenvalue weighted by molar-refractivity contribution is 5.97. The minimum atomic E-state index is -0.261. The number of carbonyl (C=O) groups excluding carboxylic acids is 1. The molecule has 9 nitrogen and oxygen atoms in total. The molecule has 3 aromatic rings. The third kappa shape index (κ3) is 4.84. The molecular weight excluding hydrogens is 442 g/mol. The molecule has 0 saturated carbocycles. The van der Waals surface area contributed by atoms with Crippen molar-refractivity contribution in [1.29, 1.82) is 5.26 Å². The second-order valence-corrected chi connectivity index (χ2v) is 8.99. The maximum Gasteiger partial charge on any atom is 0.254 e. The van der Waals surface area contributed by atoms with E-state index < -0.39 is 0 Å². The number of anilines is 1. The zero-order valence-corrected chi connectivity index (χ0v) is 20.9. The van der Waals surface area contributed by atoms with Crippen LogP contribution in [-0.4, -0.2) is 65.0 Å². The number of nitrogens with one attached hydrogen (secondary N) is 1. The summed E-state index contributed by atoms with van der Waals surface area (Å²) in [5.74, 6) is 1.23. The summed E-state index contributed by atoms with van der Waals surface area (Å²) >= 11 is 0. The summed E-state index contributed by atoms with van der Waals surface area (Å²) in [6.45, 7) is 3.94. The van der Waals surface area contributed by atoms with Gasteiger partial charge in [0.15, 0.2) is 0 Å². The van der Waals surface area contributed by atoms with Gasteiger partial charge in [0, 0.05) is 50.4 Å². The van der Waals surface area contributed by atoms with Gasteiger partial charge in [-0.2, -0.15) is 5.26 Å². The lowest BCUT2D eigenvalue weighted by atomic mass is 9.90. The highest BCUT2D eigenvalue weighted by Gasteiger charge is 2.31. The molecule has 0 saturated heterocycles. The van der Waals surface area contributed by atoms with Gasteiger partial charge in [-0.3, -0.25) is 9.78 Å². The summed E-state index contributed by atoms with van der Waals surface area (Å²) in [4.78, 5) is 26.6. The first-order valence-electron chi connectivity index (χ1n) is 11.6. The zero-order chi connectivity index (χ0) is 25.1. The summed E-state index contributed by atoms with van der Waals surface area (Å²) in [6, 6.07) is 7.79. The highest BCUT2D eigenvalue weighted by Crippen LogP contribution is 2.32. The fraction of sp³-hybridized carbons (Fsp3) is 0.385. The lowest BCUT2D eigenvalue weighted by molar-refractivity contribution is 0.0668. The number of aromatic nitrogens is 3. The molecule has 1 unspecified atom stereocenters. The van der Waals surface area contributed by atoms with Crippen LogP contribution in [0, 0.1) is 11.3 Å². The number of ether oxygens (including phenoxy) is 1. The summed E-state index contributed by atoms with van der Waals surface area (Å²) < 4.78 is 7.38. The summed E-state index contributed by atoms with van der Waals surface area (Å²) in [5, 5.41) is 12.4. The number of nitrogens with zero attached hydrogens (tertiary/aromatic N) is 6. The van der Waals surface area contributed by atoms with E-state index >= 15 is 0 Å². The van der Waals surface area contributed by atoms with Gasteiger partial charge in [0.05, 0.1) is 25.4 Å². The van der Waals surface area contributed by atoms with Gasteiger partial charge in [0.25, 0.3) is 5.91 Å². The number of hydrogen-bond donors (Lipinski definition) is 1. The number of hydrogen-bond acceptors (Lipinski definition) is 7. The standard InChI is InChI=1S/C26H31N7O2/c1-17(23-12-24(35-5)20(13-27)14-30-23)33-8-6-21-19(16-31(3)4)10-18(11-22(21)25(33)34)15-32-9-7-29-26(32)28-2/h7,9-12,14,17H,6,8,15-16H2,1-5H3,(H,28,29). The van der Waals surface area contributed by atoms with E-state index in [1.807, 2.05) is 49.8 Å². The van der Waals surface area contributed by atoms with E-state index in [-0.39, 0.29) is 11.9 Å². The first-order valence-corrected chi connectivity index (χ1v) is 11.6. The van der Waals surface area contributed by atoms with Crippen molar-refractivity contribution in [2.45, 2.75) is 32.5 Å². The molecule has 3 heterocycles. The van der Waals surface area contributed by atoms with Crippen molar-refractivity contribution >= 4 is 11.9 Å². The van der Waals surface area contributed by atoms with Crippen molar-refractivity contribution < 1.29 is 9.53 Å². The van der Waals surface area contributed by atoms with E-state index in [0.717, 1.165) is 35.6 Å². The Balaban J connectivity index is 1.69. The van der Waals surface area contributed by atoms with Crippen LogP contribution in [-0.2, 0) is 19.5 Å². The lowest BCUT2D eigenvalue weighted by Crippen LogP contribution is -2.40. The first kappa shape index (κ1) is 24.2. The summed E-state index contributed by atoms with van der Waals surface area (Å²) in [5.41, 5.74) is 5.14. The molecule has 1 aliphatic heterocycles. The number of methoxy groups -OCH3 is 1. The Kier molecular flexibility index (Phi) is 7.03. The molecule has 1 N–H and O–H groups in total. The predicted molar refractivity (Wildman–Crippen MR) is 133 cm³/mol. The van der Waals surface area contributed by atoms with Gasteiger partial charge in [-0.15, -0.1) is 0 Å². The zero-order valence-electron chi connectivity index (χ0n) is 20.9. The van der Waals surface area contributed by atoms with Crippen LogP contribution in [0.1, 0.15) is 51.3 Å². The van der Waals surface area contributed by atoms with Gasteiger partial charge < -0.3 is 24.4 Å². The van der Waals surface area contributed by atoms with Gasteiger partial charge in [-0.1, -0.05) is 6.07 Å². The smallest absolute Gasteiger partial charge is 0.254 e. The molecule has 9 heteroatoms. The third-order valence-electron chi connectivity index (χ3n) is 6.40. The van der Waals surface area contributed by atoms with Crippen LogP contribution in [0.15, 0.2) is 36.8 Å². The Bertz CT molecular complexity index is 1280. The van der Waals surface area contributed by atoms with Crippen LogP contribution in [0.25, 0.3) is 0 Å². The van der Waals surface area contributed by atoms with Crippen molar-refractivity contribution in [1.82, 2.24) is 24.3 Å². The van der Waals surface area contributed by atoms with E-state index in [2.05, 4.69) is 32.3 Å². The molecule has 0 bridgehead atoms. The number of amides is 1. The van der Waals surface area contributed by atoms with Gasteiger partial charge in [-0.25, -0.2) is 4.98 Å². The first-order chi connectivity index (χ1) is 16.9. The maximum atomic E-state index is 13.8. The molecule has 1 aliphatic rings.